The second kappa shape index (κ2) is 15.5. The molecule has 3 heterocycles. The Morgan fingerprint density at radius 1 is 0.429 bits per heavy atom. The summed E-state index contributed by atoms with van der Waals surface area (Å²) >= 11 is 0. The van der Waals surface area contributed by atoms with Gasteiger partial charge in [-0.25, -0.2) is 4.98 Å². The molecule has 0 N–H and O–H groups in total. The molecule has 0 spiro atoms. The number of para-hydroxylation sites is 1. The molecular formula is C58H68N4O. The highest BCUT2D eigenvalue weighted by atomic mass is 16.5. The van der Waals surface area contributed by atoms with Crippen LogP contribution in [0.4, 0.5) is 11.4 Å². The lowest BCUT2D eigenvalue weighted by atomic mass is 9.79. The van der Waals surface area contributed by atoms with Gasteiger partial charge in [-0.3, -0.25) is 4.57 Å². The van der Waals surface area contributed by atoms with Crippen LogP contribution in [0.25, 0.3) is 38.8 Å². The zero-order valence-electron chi connectivity index (χ0n) is 40.5. The van der Waals surface area contributed by atoms with Crippen molar-refractivity contribution >= 4 is 33.2 Å². The van der Waals surface area contributed by atoms with Gasteiger partial charge in [-0.05, 0) is 121 Å². The van der Waals surface area contributed by atoms with Crippen LogP contribution in [0.2, 0.25) is 0 Å². The van der Waals surface area contributed by atoms with Crippen LogP contribution in [-0.4, -0.2) is 16.2 Å². The zero-order chi connectivity index (χ0) is 45.4. The van der Waals surface area contributed by atoms with Crippen LogP contribution < -0.4 is 14.5 Å². The van der Waals surface area contributed by atoms with Gasteiger partial charge in [0, 0.05) is 52.9 Å². The third-order valence-electron chi connectivity index (χ3n) is 12.7. The predicted octanol–water partition coefficient (Wildman–Crippen LogP) is 15.9. The van der Waals surface area contributed by atoms with E-state index >= 15 is 0 Å². The van der Waals surface area contributed by atoms with Gasteiger partial charge in [-0.2, -0.15) is 0 Å². The van der Waals surface area contributed by atoms with Crippen molar-refractivity contribution in [3.8, 4) is 28.4 Å². The van der Waals surface area contributed by atoms with Crippen LogP contribution in [0.5, 0.6) is 11.5 Å². The van der Waals surface area contributed by atoms with Gasteiger partial charge >= 0.3 is 0 Å². The standard InChI is InChI=1S/C58H68N4O/c1-54(2,3)40-22-23-59-53(34-40)62-51-19-17-16-18-49(51)50-21-20-47(36-52(50)62)63-48-29-39(38-26-41(55(4,5)6)30-42(27-38)56(7,8)9)28-45(35-48)60-24-25-61(37-60)46-32-43(57(10,11)12)31-44(33-46)58(13,14)15/h16-36H,37H2,1-15H3. The van der Waals surface area contributed by atoms with Crippen molar-refractivity contribution in [1.29, 1.82) is 0 Å². The number of pyridine rings is 1. The van der Waals surface area contributed by atoms with Gasteiger partial charge < -0.3 is 14.5 Å². The monoisotopic (exact) mass is 837 g/mol. The van der Waals surface area contributed by atoms with Gasteiger partial charge in [-0.1, -0.05) is 146 Å². The van der Waals surface area contributed by atoms with E-state index in [1.54, 1.807) is 0 Å². The molecule has 0 saturated carbocycles. The van der Waals surface area contributed by atoms with E-state index in [0.29, 0.717) is 6.67 Å². The highest BCUT2D eigenvalue weighted by Gasteiger charge is 2.26. The maximum absolute atomic E-state index is 7.03. The normalized spacial score (nSPS) is 14.1. The van der Waals surface area contributed by atoms with Gasteiger partial charge in [0.15, 0.2) is 0 Å². The summed E-state index contributed by atoms with van der Waals surface area (Å²) in [5.74, 6) is 2.46. The molecule has 1 aliphatic heterocycles. The Balaban J connectivity index is 1.25. The maximum Gasteiger partial charge on any atom is 0.137 e. The summed E-state index contributed by atoms with van der Waals surface area (Å²) < 4.78 is 9.31. The van der Waals surface area contributed by atoms with E-state index in [0.717, 1.165) is 45.0 Å². The minimum Gasteiger partial charge on any atom is -0.457 e. The van der Waals surface area contributed by atoms with Crippen molar-refractivity contribution < 1.29 is 4.74 Å². The number of benzene rings is 5. The number of aromatic nitrogens is 2. The molecule has 0 radical (unpaired) electrons. The molecule has 5 heteroatoms. The molecule has 0 fully saturated rings. The van der Waals surface area contributed by atoms with Crippen LogP contribution in [0.15, 0.2) is 128 Å². The van der Waals surface area contributed by atoms with Crippen molar-refractivity contribution in [2.45, 2.75) is 131 Å². The quantitative estimate of drug-likeness (QED) is 0.167. The van der Waals surface area contributed by atoms with Crippen LogP contribution in [0.3, 0.4) is 0 Å². The van der Waals surface area contributed by atoms with Crippen LogP contribution in [0, 0.1) is 0 Å². The molecule has 5 nitrogen and oxygen atoms in total. The third kappa shape index (κ3) is 9.03. The van der Waals surface area contributed by atoms with Gasteiger partial charge in [0.1, 0.15) is 17.3 Å². The summed E-state index contributed by atoms with van der Waals surface area (Å²) in [6.07, 6.45) is 6.36. The number of fused-ring (bicyclic) bond motifs is 3. The largest absolute Gasteiger partial charge is 0.457 e. The van der Waals surface area contributed by atoms with Gasteiger partial charge in [0.05, 0.1) is 17.7 Å². The minimum absolute atomic E-state index is 0.0130. The molecular weight excluding hydrogens is 769 g/mol. The van der Waals surface area contributed by atoms with Gasteiger partial charge in [0.2, 0.25) is 0 Å². The van der Waals surface area contributed by atoms with E-state index in [-0.39, 0.29) is 27.1 Å². The highest BCUT2D eigenvalue weighted by molar-refractivity contribution is 6.09. The number of hydrogen-bond donors (Lipinski definition) is 0. The van der Waals surface area contributed by atoms with E-state index in [9.17, 15) is 0 Å². The van der Waals surface area contributed by atoms with Crippen LogP contribution >= 0.6 is 0 Å². The maximum atomic E-state index is 7.03. The van der Waals surface area contributed by atoms with Crippen molar-refractivity contribution in [1.82, 2.24) is 9.55 Å². The summed E-state index contributed by atoms with van der Waals surface area (Å²) in [6, 6.07) is 40.4. The number of nitrogens with zero attached hydrogens (tertiary/aromatic N) is 4. The van der Waals surface area contributed by atoms with E-state index < -0.39 is 0 Å². The Morgan fingerprint density at radius 2 is 0.937 bits per heavy atom. The fourth-order valence-corrected chi connectivity index (χ4v) is 8.44. The molecule has 1 aliphatic rings. The lowest BCUT2D eigenvalue weighted by molar-refractivity contribution is 0.483. The van der Waals surface area contributed by atoms with E-state index in [1.807, 2.05) is 6.20 Å². The minimum atomic E-state index is -0.0201. The first-order valence-corrected chi connectivity index (χ1v) is 22.7. The Bertz CT molecular complexity index is 2810. The van der Waals surface area contributed by atoms with Crippen molar-refractivity contribution in [2.75, 3.05) is 16.5 Å². The molecule has 0 atom stereocenters. The van der Waals surface area contributed by atoms with Gasteiger partial charge in [-0.15, -0.1) is 0 Å². The van der Waals surface area contributed by atoms with Crippen LogP contribution in [0.1, 0.15) is 132 Å². The summed E-state index contributed by atoms with van der Waals surface area (Å²) in [5, 5.41) is 2.35. The first kappa shape index (κ1) is 43.8. The SMILES string of the molecule is CC(C)(C)c1cc(-c2cc(Oc3ccc4c5ccccc5n(-c5cc(C(C)(C)C)ccn5)c4c3)cc(N3C=CN(c4cc(C(C)(C)C)cc(C(C)(C)C)c4)C3)c2)cc(C(C)(C)C)c1. The number of hydrogen-bond acceptors (Lipinski definition) is 4. The first-order chi connectivity index (χ1) is 29.3. The lowest BCUT2D eigenvalue weighted by Gasteiger charge is -2.29. The number of rotatable bonds is 6. The Hall–Kier alpha value is -5.81. The Labute approximate surface area is 377 Å². The zero-order valence-corrected chi connectivity index (χ0v) is 40.5. The lowest BCUT2D eigenvalue weighted by Crippen LogP contribution is -2.26. The summed E-state index contributed by atoms with van der Waals surface area (Å²) in [7, 11) is 0. The highest BCUT2D eigenvalue weighted by Crippen LogP contribution is 2.41. The third-order valence-corrected chi connectivity index (χ3v) is 12.7. The Kier molecular flexibility index (Phi) is 10.8. The average Bonchev–Trinajstić information content (AvgIpc) is 3.83. The smallest absolute Gasteiger partial charge is 0.137 e. The molecule has 7 aromatic rings. The second-order valence-electron chi connectivity index (χ2n) is 22.9. The number of ether oxygens (including phenoxy) is 1. The molecule has 326 valence electrons. The van der Waals surface area contributed by atoms with Crippen molar-refractivity contribution in [3.05, 3.63) is 156 Å². The fourth-order valence-electron chi connectivity index (χ4n) is 8.44. The van der Waals surface area contributed by atoms with E-state index in [2.05, 4.69) is 240 Å². The molecule has 5 aromatic carbocycles. The molecule has 63 heavy (non-hydrogen) atoms. The van der Waals surface area contributed by atoms with Gasteiger partial charge in [0.25, 0.3) is 0 Å². The molecule has 0 saturated heterocycles. The molecule has 0 bridgehead atoms. The first-order valence-electron chi connectivity index (χ1n) is 22.7. The molecule has 0 aliphatic carbocycles. The van der Waals surface area contributed by atoms with Crippen molar-refractivity contribution in [2.24, 2.45) is 0 Å². The second-order valence-corrected chi connectivity index (χ2v) is 22.9. The Morgan fingerprint density at radius 3 is 1.51 bits per heavy atom. The number of anilines is 2. The summed E-state index contributed by atoms with van der Waals surface area (Å²) in [4.78, 5) is 9.63. The molecule has 0 amide bonds. The molecule has 2 aromatic heterocycles. The van der Waals surface area contributed by atoms with E-state index in [1.165, 1.54) is 44.5 Å². The predicted molar refractivity (Wildman–Crippen MR) is 269 cm³/mol. The van der Waals surface area contributed by atoms with Crippen LogP contribution in [-0.2, 0) is 27.1 Å². The van der Waals surface area contributed by atoms with E-state index in [4.69, 9.17) is 9.72 Å². The average molecular weight is 837 g/mol. The fraction of sp³-hybridized carbons (Fsp3) is 0.362. The summed E-state index contributed by atoms with van der Waals surface area (Å²) in [6.45, 7) is 35.1. The molecule has 8 rings (SSSR count). The van der Waals surface area contributed by atoms with Crippen molar-refractivity contribution in [3.63, 3.8) is 0 Å². The topological polar surface area (TPSA) is 33.5 Å². The summed E-state index contributed by atoms with van der Waals surface area (Å²) in [5.41, 5.74) is 13.3. The molecule has 0 unspecified atom stereocenters.